The summed E-state index contributed by atoms with van der Waals surface area (Å²) in [4.78, 5) is 14.7. The molecular weight excluding hydrogens is 282 g/mol. The molecule has 1 atom stereocenters. The van der Waals surface area contributed by atoms with Crippen LogP contribution in [0.2, 0.25) is 0 Å². The summed E-state index contributed by atoms with van der Waals surface area (Å²) in [5.74, 6) is 1.04. The molecule has 0 saturated carbocycles. The van der Waals surface area contributed by atoms with Gasteiger partial charge in [0.25, 0.3) is 0 Å². The van der Waals surface area contributed by atoms with E-state index in [2.05, 4.69) is 56.0 Å². The molecule has 0 saturated heterocycles. The molecular formula is C21H29NO. The van der Waals surface area contributed by atoms with Crippen LogP contribution < -0.4 is 0 Å². The molecule has 1 aromatic rings. The van der Waals surface area contributed by atoms with Crippen LogP contribution in [0.15, 0.2) is 41.5 Å². The fourth-order valence-electron chi connectivity index (χ4n) is 3.97. The Balaban J connectivity index is 1.54. The van der Waals surface area contributed by atoms with Crippen LogP contribution in [0.5, 0.6) is 0 Å². The normalized spacial score (nSPS) is 21.8. The Morgan fingerprint density at radius 1 is 1.17 bits per heavy atom. The van der Waals surface area contributed by atoms with Crippen LogP contribution in [0.25, 0.3) is 0 Å². The fourth-order valence-corrected chi connectivity index (χ4v) is 3.97. The molecule has 0 spiro atoms. The van der Waals surface area contributed by atoms with Crippen LogP contribution >= 0.6 is 0 Å². The largest absolute Gasteiger partial charge is 0.335 e. The molecule has 1 aromatic carbocycles. The first-order valence-electron chi connectivity index (χ1n) is 8.99. The van der Waals surface area contributed by atoms with E-state index in [0.717, 1.165) is 50.3 Å². The summed E-state index contributed by atoms with van der Waals surface area (Å²) in [6, 6.07) is 10.6. The predicted molar refractivity (Wildman–Crippen MR) is 95.2 cm³/mol. The number of rotatable bonds is 4. The van der Waals surface area contributed by atoms with E-state index < -0.39 is 0 Å². The lowest BCUT2D eigenvalue weighted by Crippen LogP contribution is -2.28. The molecule has 1 unspecified atom stereocenters. The van der Waals surface area contributed by atoms with Crippen molar-refractivity contribution in [3.05, 3.63) is 47.0 Å². The van der Waals surface area contributed by atoms with Crippen LogP contribution in [0.3, 0.4) is 0 Å². The molecule has 23 heavy (non-hydrogen) atoms. The Kier molecular flexibility index (Phi) is 4.61. The standard InChI is InChI=1S/C21H29NO/c1-21(2,3)18-11-12-19-17(14-18)15-22(20(19)23)13-7-10-16-8-5-4-6-9-16/h4-6,8-9,18H,7,10-15H2,1-3H3. The van der Waals surface area contributed by atoms with Crippen molar-refractivity contribution in [3.63, 3.8) is 0 Å². The van der Waals surface area contributed by atoms with Crippen molar-refractivity contribution in [2.45, 2.75) is 52.9 Å². The Bertz CT molecular complexity index is 594. The molecule has 0 fully saturated rings. The van der Waals surface area contributed by atoms with Crippen molar-refractivity contribution in [2.75, 3.05) is 13.1 Å². The summed E-state index contributed by atoms with van der Waals surface area (Å²) in [5, 5.41) is 0. The second-order valence-electron chi connectivity index (χ2n) is 8.20. The lowest BCUT2D eigenvalue weighted by molar-refractivity contribution is -0.125. The van der Waals surface area contributed by atoms with Gasteiger partial charge in [0.2, 0.25) is 5.91 Å². The van der Waals surface area contributed by atoms with Crippen LogP contribution in [0, 0.1) is 11.3 Å². The predicted octanol–water partition coefficient (Wildman–Crippen LogP) is 4.60. The number of hydrogen-bond acceptors (Lipinski definition) is 1. The molecule has 2 nitrogen and oxygen atoms in total. The van der Waals surface area contributed by atoms with E-state index in [1.807, 2.05) is 0 Å². The van der Waals surface area contributed by atoms with Gasteiger partial charge in [0.1, 0.15) is 0 Å². The van der Waals surface area contributed by atoms with Gasteiger partial charge in [-0.1, -0.05) is 51.1 Å². The zero-order chi connectivity index (χ0) is 16.4. The molecule has 1 heterocycles. The van der Waals surface area contributed by atoms with Gasteiger partial charge in [-0.05, 0) is 54.6 Å². The lowest BCUT2D eigenvalue weighted by atomic mass is 9.71. The Morgan fingerprint density at radius 3 is 2.61 bits per heavy atom. The molecule has 2 aliphatic rings. The van der Waals surface area contributed by atoms with Crippen LogP contribution in [-0.2, 0) is 11.2 Å². The minimum atomic E-state index is 0.320. The van der Waals surface area contributed by atoms with Crippen molar-refractivity contribution in [3.8, 4) is 0 Å². The van der Waals surface area contributed by atoms with Crippen LogP contribution in [0.4, 0.5) is 0 Å². The molecule has 2 heteroatoms. The first-order chi connectivity index (χ1) is 10.9. The van der Waals surface area contributed by atoms with Crippen molar-refractivity contribution in [1.29, 1.82) is 0 Å². The second-order valence-corrected chi connectivity index (χ2v) is 8.20. The quantitative estimate of drug-likeness (QED) is 0.795. The van der Waals surface area contributed by atoms with Crippen LogP contribution in [0.1, 0.15) is 52.0 Å². The van der Waals surface area contributed by atoms with Gasteiger partial charge in [-0.2, -0.15) is 0 Å². The summed E-state index contributed by atoms with van der Waals surface area (Å²) >= 11 is 0. The highest BCUT2D eigenvalue weighted by Gasteiger charge is 2.37. The highest BCUT2D eigenvalue weighted by Crippen LogP contribution is 2.42. The van der Waals surface area contributed by atoms with E-state index >= 15 is 0 Å². The number of amides is 1. The number of carbonyl (C=O) groups is 1. The number of aryl methyl sites for hydroxylation is 1. The average molecular weight is 311 g/mol. The monoisotopic (exact) mass is 311 g/mol. The summed E-state index contributed by atoms with van der Waals surface area (Å²) < 4.78 is 0. The SMILES string of the molecule is CC(C)(C)C1CCC2=C(C1)CN(CCCc1ccccc1)C2=O. The second kappa shape index (κ2) is 6.51. The van der Waals surface area contributed by atoms with Gasteiger partial charge in [-0.25, -0.2) is 0 Å². The Morgan fingerprint density at radius 2 is 1.91 bits per heavy atom. The van der Waals surface area contributed by atoms with Gasteiger partial charge in [0, 0.05) is 18.7 Å². The highest BCUT2D eigenvalue weighted by molar-refractivity contribution is 5.97. The van der Waals surface area contributed by atoms with Crippen molar-refractivity contribution >= 4 is 5.91 Å². The van der Waals surface area contributed by atoms with E-state index in [0.29, 0.717) is 11.3 Å². The first-order valence-corrected chi connectivity index (χ1v) is 8.99. The third kappa shape index (κ3) is 3.68. The minimum Gasteiger partial charge on any atom is -0.335 e. The zero-order valence-corrected chi connectivity index (χ0v) is 14.8. The first kappa shape index (κ1) is 16.3. The molecule has 0 N–H and O–H groups in total. The zero-order valence-electron chi connectivity index (χ0n) is 14.8. The van der Waals surface area contributed by atoms with Gasteiger partial charge < -0.3 is 4.90 Å². The molecule has 3 rings (SSSR count). The smallest absolute Gasteiger partial charge is 0.250 e. The van der Waals surface area contributed by atoms with Crippen molar-refractivity contribution in [1.82, 2.24) is 4.90 Å². The van der Waals surface area contributed by atoms with Gasteiger partial charge in [-0.3, -0.25) is 4.79 Å². The van der Waals surface area contributed by atoms with E-state index in [4.69, 9.17) is 0 Å². The third-order valence-corrected chi connectivity index (χ3v) is 5.55. The maximum absolute atomic E-state index is 12.6. The summed E-state index contributed by atoms with van der Waals surface area (Å²) in [6.45, 7) is 8.77. The molecule has 0 radical (unpaired) electrons. The van der Waals surface area contributed by atoms with Crippen molar-refractivity contribution < 1.29 is 4.79 Å². The average Bonchev–Trinajstić information content (AvgIpc) is 2.84. The molecule has 1 aliphatic carbocycles. The van der Waals surface area contributed by atoms with Gasteiger partial charge in [-0.15, -0.1) is 0 Å². The fraction of sp³-hybridized carbons (Fsp3) is 0.571. The highest BCUT2D eigenvalue weighted by atomic mass is 16.2. The van der Waals surface area contributed by atoms with E-state index in [-0.39, 0.29) is 0 Å². The topological polar surface area (TPSA) is 20.3 Å². The molecule has 1 amide bonds. The van der Waals surface area contributed by atoms with Crippen molar-refractivity contribution in [2.24, 2.45) is 11.3 Å². The van der Waals surface area contributed by atoms with E-state index in [1.54, 1.807) is 0 Å². The number of hydrogen-bond donors (Lipinski definition) is 0. The van der Waals surface area contributed by atoms with E-state index in [9.17, 15) is 4.79 Å². The summed E-state index contributed by atoms with van der Waals surface area (Å²) in [6.07, 6.45) is 5.40. The molecule has 0 bridgehead atoms. The number of benzene rings is 1. The Labute approximate surface area is 140 Å². The molecule has 0 aromatic heterocycles. The summed E-state index contributed by atoms with van der Waals surface area (Å²) in [7, 11) is 0. The van der Waals surface area contributed by atoms with Gasteiger partial charge in [0.15, 0.2) is 0 Å². The maximum atomic E-state index is 12.6. The molecule has 1 aliphatic heterocycles. The maximum Gasteiger partial charge on any atom is 0.250 e. The lowest BCUT2D eigenvalue weighted by Gasteiger charge is -2.34. The van der Waals surface area contributed by atoms with E-state index in [1.165, 1.54) is 17.6 Å². The summed E-state index contributed by atoms with van der Waals surface area (Å²) in [5.41, 5.74) is 4.29. The minimum absolute atomic E-state index is 0.320. The number of nitrogens with zero attached hydrogens (tertiary/aromatic N) is 1. The van der Waals surface area contributed by atoms with Crippen LogP contribution in [-0.4, -0.2) is 23.9 Å². The molecule has 124 valence electrons. The third-order valence-electron chi connectivity index (χ3n) is 5.55. The van der Waals surface area contributed by atoms with Gasteiger partial charge in [0.05, 0.1) is 0 Å². The van der Waals surface area contributed by atoms with Gasteiger partial charge >= 0.3 is 0 Å². The Hall–Kier alpha value is -1.57. The number of carbonyl (C=O) groups excluding carboxylic acids is 1.